The number of alkyl halides is 2. The minimum absolute atomic E-state index is 0.0399. The lowest BCUT2D eigenvalue weighted by Gasteiger charge is -2.17. The van der Waals surface area contributed by atoms with Crippen LogP contribution in [0.1, 0.15) is 17.2 Å². The third kappa shape index (κ3) is 3.56. The molecule has 2 aromatic carbocycles. The Balaban J connectivity index is 2.42. The molecule has 0 saturated carbocycles. The summed E-state index contributed by atoms with van der Waals surface area (Å²) in [5, 5.41) is 10.4. The first-order valence-electron chi connectivity index (χ1n) is 5.66. The molecule has 1 unspecified atom stereocenters. The molecule has 2 aromatic rings. The summed E-state index contributed by atoms with van der Waals surface area (Å²) < 4.78 is 30.7. The van der Waals surface area contributed by atoms with Crippen molar-refractivity contribution in [3.05, 3.63) is 62.5 Å². The second kappa shape index (κ2) is 6.65. The quantitative estimate of drug-likeness (QED) is 0.781. The molecule has 0 aliphatic heterocycles. The topological polar surface area (TPSA) is 29.5 Å². The molecule has 1 atom stereocenters. The second-order valence-electron chi connectivity index (χ2n) is 3.98. The van der Waals surface area contributed by atoms with Crippen LogP contribution in [0.25, 0.3) is 0 Å². The molecule has 0 bridgehead atoms. The molecule has 20 heavy (non-hydrogen) atoms. The third-order valence-electron chi connectivity index (χ3n) is 2.68. The van der Waals surface area contributed by atoms with Gasteiger partial charge in [0.1, 0.15) is 11.9 Å². The lowest BCUT2D eigenvalue weighted by atomic mass is 10.0. The predicted octanol–water partition coefficient (Wildman–Crippen LogP) is 4.89. The molecule has 106 valence electrons. The fourth-order valence-electron chi connectivity index (χ4n) is 1.80. The lowest BCUT2D eigenvalue weighted by molar-refractivity contribution is -0.0512. The van der Waals surface area contributed by atoms with Gasteiger partial charge in [-0.05, 0) is 24.3 Å². The fraction of sp³-hybridized carbons (Fsp3) is 0.143. The molecule has 0 aliphatic carbocycles. The average Bonchev–Trinajstić information content (AvgIpc) is 2.41. The minimum atomic E-state index is -2.94. The molecule has 0 amide bonds. The second-order valence-corrected chi connectivity index (χ2v) is 5.75. The highest BCUT2D eigenvalue weighted by atomic mass is 79.9. The van der Waals surface area contributed by atoms with Gasteiger partial charge in [0.05, 0.1) is 0 Å². The van der Waals surface area contributed by atoms with E-state index in [1.54, 1.807) is 30.3 Å². The van der Waals surface area contributed by atoms with Crippen molar-refractivity contribution in [2.24, 2.45) is 0 Å². The Hall–Kier alpha value is -0.980. The highest BCUT2D eigenvalue weighted by Crippen LogP contribution is 2.35. The zero-order valence-electron chi connectivity index (χ0n) is 10.1. The maximum absolute atomic E-state index is 12.4. The van der Waals surface area contributed by atoms with Gasteiger partial charge in [0.25, 0.3) is 0 Å². The van der Waals surface area contributed by atoms with Crippen LogP contribution in [0.3, 0.4) is 0 Å². The maximum Gasteiger partial charge on any atom is 0.387 e. The fourth-order valence-corrected chi connectivity index (χ4v) is 2.64. The molecule has 0 fully saturated rings. The molecule has 0 aliphatic rings. The summed E-state index contributed by atoms with van der Waals surface area (Å²) in [5.41, 5.74) is 0.844. The lowest BCUT2D eigenvalue weighted by Crippen LogP contribution is -2.08. The number of aliphatic hydroxyl groups is 1. The van der Waals surface area contributed by atoms with Crippen LogP contribution >= 0.6 is 31.9 Å². The molecule has 0 aromatic heterocycles. The monoisotopic (exact) mass is 406 g/mol. The van der Waals surface area contributed by atoms with E-state index in [1.807, 2.05) is 6.07 Å². The summed E-state index contributed by atoms with van der Waals surface area (Å²) in [4.78, 5) is 0. The molecule has 6 heteroatoms. The van der Waals surface area contributed by atoms with Gasteiger partial charge < -0.3 is 9.84 Å². The van der Waals surface area contributed by atoms with Crippen LogP contribution in [-0.4, -0.2) is 11.7 Å². The zero-order valence-corrected chi connectivity index (χ0v) is 13.2. The van der Waals surface area contributed by atoms with Crippen LogP contribution in [0.4, 0.5) is 8.78 Å². The number of benzene rings is 2. The van der Waals surface area contributed by atoms with Crippen molar-refractivity contribution in [1.29, 1.82) is 0 Å². The van der Waals surface area contributed by atoms with E-state index >= 15 is 0 Å². The number of hydrogen-bond donors (Lipinski definition) is 1. The Morgan fingerprint density at radius 1 is 1.00 bits per heavy atom. The van der Waals surface area contributed by atoms with Crippen molar-refractivity contribution in [3.63, 3.8) is 0 Å². The standard InChI is InChI=1S/C14H10Br2F2O2/c15-8-5-6-11(16)10(7-8)13(19)9-3-1-2-4-12(9)20-14(17)18/h1-7,13-14,19H. The van der Waals surface area contributed by atoms with Crippen LogP contribution in [0.15, 0.2) is 51.4 Å². The van der Waals surface area contributed by atoms with Gasteiger partial charge in [-0.25, -0.2) is 0 Å². The highest BCUT2D eigenvalue weighted by Gasteiger charge is 2.19. The van der Waals surface area contributed by atoms with Crippen molar-refractivity contribution >= 4 is 31.9 Å². The van der Waals surface area contributed by atoms with Gasteiger partial charge in [0.2, 0.25) is 0 Å². The minimum Gasteiger partial charge on any atom is -0.434 e. The number of ether oxygens (including phenoxy) is 1. The molecular weight excluding hydrogens is 398 g/mol. The molecule has 0 saturated heterocycles. The summed E-state index contributed by atoms with van der Waals surface area (Å²) in [6, 6.07) is 11.5. The first-order valence-corrected chi connectivity index (χ1v) is 7.24. The van der Waals surface area contributed by atoms with Crippen molar-refractivity contribution in [2.45, 2.75) is 12.7 Å². The zero-order chi connectivity index (χ0) is 14.7. The summed E-state index contributed by atoms with van der Waals surface area (Å²) >= 11 is 6.65. The summed E-state index contributed by atoms with van der Waals surface area (Å²) in [6.45, 7) is -2.94. The molecule has 2 nitrogen and oxygen atoms in total. The number of halogens is 4. The van der Waals surface area contributed by atoms with Crippen LogP contribution in [0.5, 0.6) is 5.75 Å². The molecular formula is C14H10Br2F2O2. The van der Waals surface area contributed by atoms with Crippen LogP contribution in [0.2, 0.25) is 0 Å². The van der Waals surface area contributed by atoms with Gasteiger partial charge >= 0.3 is 6.61 Å². The highest BCUT2D eigenvalue weighted by molar-refractivity contribution is 9.11. The van der Waals surface area contributed by atoms with Gasteiger partial charge in [-0.1, -0.05) is 50.1 Å². The number of aliphatic hydroxyl groups excluding tert-OH is 1. The van der Waals surface area contributed by atoms with Gasteiger partial charge in [-0.3, -0.25) is 0 Å². The molecule has 0 heterocycles. The van der Waals surface area contributed by atoms with Gasteiger partial charge in [0.15, 0.2) is 0 Å². The molecule has 0 spiro atoms. The number of hydrogen-bond acceptors (Lipinski definition) is 2. The summed E-state index contributed by atoms with van der Waals surface area (Å²) in [6.07, 6.45) is -1.07. The number of para-hydroxylation sites is 1. The SMILES string of the molecule is OC(c1cc(Br)ccc1Br)c1ccccc1OC(F)F. The van der Waals surface area contributed by atoms with E-state index in [2.05, 4.69) is 36.6 Å². The van der Waals surface area contributed by atoms with Crippen LogP contribution in [0, 0.1) is 0 Å². The van der Waals surface area contributed by atoms with E-state index in [9.17, 15) is 13.9 Å². The Kier molecular flexibility index (Phi) is 5.12. The average molecular weight is 408 g/mol. The van der Waals surface area contributed by atoms with E-state index in [4.69, 9.17) is 0 Å². The van der Waals surface area contributed by atoms with E-state index < -0.39 is 12.7 Å². The van der Waals surface area contributed by atoms with Crippen LogP contribution in [-0.2, 0) is 0 Å². The van der Waals surface area contributed by atoms with Crippen molar-refractivity contribution < 1.29 is 18.6 Å². The Morgan fingerprint density at radius 2 is 1.70 bits per heavy atom. The smallest absolute Gasteiger partial charge is 0.387 e. The van der Waals surface area contributed by atoms with E-state index in [0.29, 0.717) is 10.0 Å². The maximum atomic E-state index is 12.4. The van der Waals surface area contributed by atoms with Gasteiger partial charge in [-0.15, -0.1) is 0 Å². The first kappa shape index (κ1) is 15.4. The Labute approximate surface area is 131 Å². The normalized spacial score (nSPS) is 12.5. The van der Waals surface area contributed by atoms with Crippen molar-refractivity contribution in [1.82, 2.24) is 0 Å². The van der Waals surface area contributed by atoms with E-state index in [1.165, 1.54) is 6.07 Å². The molecule has 1 N–H and O–H groups in total. The third-order valence-corrected chi connectivity index (χ3v) is 3.90. The first-order chi connectivity index (χ1) is 9.49. The van der Waals surface area contributed by atoms with Crippen molar-refractivity contribution in [2.75, 3.05) is 0 Å². The molecule has 0 radical (unpaired) electrons. The largest absolute Gasteiger partial charge is 0.434 e. The van der Waals surface area contributed by atoms with Crippen LogP contribution < -0.4 is 4.74 Å². The number of rotatable bonds is 4. The van der Waals surface area contributed by atoms with Gasteiger partial charge in [0, 0.05) is 20.1 Å². The predicted molar refractivity (Wildman–Crippen MR) is 79.0 cm³/mol. The Bertz CT molecular complexity index is 605. The van der Waals surface area contributed by atoms with Crippen molar-refractivity contribution in [3.8, 4) is 5.75 Å². The Morgan fingerprint density at radius 3 is 2.40 bits per heavy atom. The summed E-state index contributed by atoms with van der Waals surface area (Å²) in [7, 11) is 0. The van der Waals surface area contributed by atoms with Gasteiger partial charge in [-0.2, -0.15) is 8.78 Å². The molecule has 2 rings (SSSR count). The van der Waals surface area contributed by atoms with E-state index in [-0.39, 0.29) is 11.3 Å². The summed E-state index contributed by atoms with van der Waals surface area (Å²) in [5.74, 6) is -0.0399. The van der Waals surface area contributed by atoms with E-state index in [0.717, 1.165) is 4.47 Å².